The number of nitrogens with one attached hydrogen (secondary N) is 1. The number of aliphatic hydroxyl groups is 1. The SMILES string of the molecule is CC(NC(=O)c1ccc2c(c1)CCC2)C(O)Cc1ccccc1. The van der Waals surface area contributed by atoms with Gasteiger partial charge in [-0.25, -0.2) is 0 Å². The summed E-state index contributed by atoms with van der Waals surface area (Å²) in [5, 5.41) is 13.2. The fourth-order valence-electron chi connectivity index (χ4n) is 3.13. The highest BCUT2D eigenvalue weighted by molar-refractivity contribution is 5.94. The third kappa shape index (κ3) is 3.80. The van der Waals surface area contributed by atoms with Gasteiger partial charge >= 0.3 is 0 Å². The minimum Gasteiger partial charge on any atom is -0.391 e. The molecule has 3 rings (SSSR count). The Kier molecular flexibility index (Phi) is 4.77. The average molecular weight is 309 g/mol. The second-order valence-corrected chi connectivity index (χ2v) is 6.36. The van der Waals surface area contributed by atoms with Gasteiger partial charge in [-0.3, -0.25) is 4.79 Å². The molecule has 0 spiro atoms. The predicted octanol–water partition coefficient (Wildman–Crippen LogP) is 2.90. The number of carbonyl (C=O) groups is 1. The van der Waals surface area contributed by atoms with E-state index in [4.69, 9.17) is 0 Å². The monoisotopic (exact) mass is 309 g/mol. The molecule has 2 aromatic rings. The standard InChI is InChI=1S/C20H23NO2/c1-14(19(22)12-15-6-3-2-4-7-15)21-20(23)18-11-10-16-8-5-9-17(16)13-18/h2-4,6-7,10-11,13-14,19,22H,5,8-9,12H2,1H3,(H,21,23). The van der Waals surface area contributed by atoms with Gasteiger partial charge in [-0.2, -0.15) is 0 Å². The lowest BCUT2D eigenvalue weighted by Gasteiger charge is -2.20. The maximum Gasteiger partial charge on any atom is 0.251 e. The van der Waals surface area contributed by atoms with Gasteiger partial charge < -0.3 is 10.4 Å². The van der Waals surface area contributed by atoms with Crippen molar-refractivity contribution in [3.05, 3.63) is 70.8 Å². The van der Waals surface area contributed by atoms with Crippen LogP contribution in [0, 0.1) is 0 Å². The van der Waals surface area contributed by atoms with Gasteiger partial charge in [0, 0.05) is 12.0 Å². The Morgan fingerprint density at radius 3 is 2.65 bits per heavy atom. The van der Waals surface area contributed by atoms with E-state index in [9.17, 15) is 9.90 Å². The first kappa shape index (κ1) is 15.8. The van der Waals surface area contributed by atoms with Crippen LogP contribution in [0.2, 0.25) is 0 Å². The van der Waals surface area contributed by atoms with Crippen molar-refractivity contribution in [1.82, 2.24) is 5.32 Å². The van der Waals surface area contributed by atoms with E-state index in [-0.39, 0.29) is 11.9 Å². The molecular weight excluding hydrogens is 286 g/mol. The highest BCUT2D eigenvalue weighted by Gasteiger charge is 2.19. The number of amides is 1. The fourth-order valence-corrected chi connectivity index (χ4v) is 3.13. The number of aryl methyl sites for hydroxylation is 2. The minimum absolute atomic E-state index is 0.112. The molecule has 1 aliphatic rings. The first-order valence-corrected chi connectivity index (χ1v) is 8.28. The average Bonchev–Trinajstić information content (AvgIpc) is 3.03. The van der Waals surface area contributed by atoms with Gasteiger partial charge in [0.2, 0.25) is 0 Å². The van der Waals surface area contributed by atoms with Crippen molar-refractivity contribution in [3.63, 3.8) is 0 Å². The van der Waals surface area contributed by atoms with Gasteiger partial charge in [0.15, 0.2) is 0 Å². The molecule has 23 heavy (non-hydrogen) atoms. The number of hydrogen-bond acceptors (Lipinski definition) is 2. The zero-order chi connectivity index (χ0) is 16.2. The Hall–Kier alpha value is -2.13. The molecule has 0 radical (unpaired) electrons. The van der Waals surface area contributed by atoms with Crippen molar-refractivity contribution in [2.24, 2.45) is 0 Å². The molecule has 2 unspecified atom stereocenters. The highest BCUT2D eigenvalue weighted by Crippen LogP contribution is 2.22. The molecule has 120 valence electrons. The first-order chi connectivity index (χ1) is 11.1. The van der Waals surface area contributed by atoms with Gasteiger partial charge in [0.25, 0.3) is 5.91 Å². The van der Waals surface area contributed by atoms with E-state index >= 15 is 0 Å². The summed E-state index contributed by atoms with van der Waals surface area (Å²) in [5.41, 5.74) is 4.40. The van der Waals surface area contributed by atoms with Crippen molar-refractivity contribution in [2.75, 3.05) is 0 Å². The molecular formula is C20H23NO2. The number of rotatable bonds is 5. The van der Waals surface area contributed by atoms with Crippen molar-refractivity contribution >= 4 is 5.91 Å². The van der Waals surface area contributed by atoms with Gasteiger partial charge in [0.1, 0.15) is 0 Å². The lowest BCUT2D eigenvalue weighted by Crippen LogP contribution is -2.42. The van der Waals surface area contributed by atoms with Crippen LogP contribution >= 0.6 is 0 Å². The number of fused-ring (bicyclic) bond motifs is 1. The van der Waals surface area contributed by atoms with E-state index in [1.165, 1.54) is 17.5 Å². The molecule has 0 saturated heterocycles. The summed E-state index contributed by atoms with van der Waals surface area (Å²) < 4.78 is 0. The Bertz CT molecular complexity index is 681. The van der Waals surface area contributed by atoms with Crippen LogP contribution in [0.5, 0.6) is 0 Å². The summed E-state index contributed by atoms with van der Waals surface area (Å²) >= 11 is 0. The van der Waals surface area contributed by atoms with Crippen LogP contribution in [0.4, 0.5) is 0 Å². The van der Waals surface area contributed by atoms with E-state index in [1.54, 1.807) is 0 Å². The number of aliphatic hydroxyl groups excluding tert-OH is 1. The zero-order valence-electron chi connectivity index (χ0n) is 13.5. The smallest absolute Gasteiger partial charge is 0.251 e. The molecule has 0 saturated carbocycles. The summed E-state index contributed by atoms with van der Waals surface area (Å²) in [7, 11) is 0. The van der Waals surface area contributed by atoms with Gasteiger partial charge in [-0.1, -0.05) is 36.4 Å². The van der Waals surface area contributed by atoms with Crippen molar-refractivity contribution < 1.29 is 9.90 Å². The molecule has 0 bridgehead atoms. The van der Waals surface area contributed by atoms with E-state index in [0.717, 1.165) is 18.4 Å². The molecule has 0 aliphatic heterocycles. The van der Waals surface area contributed by atoms with Crippen molar-refractivity contribution in [1.29, 1.82) is 0 Å². The molecule has 2 aromatic carbocycles. The quantitative estimate of drug-likeness (QED) is 0.892. The van der Waals surface area contributed by atoms with E-state index in [2.05, 4.69) is 11.4 Å². The molecule has 2 atom stereocenters. The third-order valence-corrected chi connectivity index (χ3v) is 4.58. The highest BCUT2D eigenvalue weighted by atomic mass is 16.3. The molecule has 3 nitrogen and oxygen atoms in total. The molecule has 1 aliphatic carbocycles. The summed E-state index contributed by atoms with van der Waals surface area (Å²) in [6.45, 7) is 1.85. The first-order valence-electron chi connectivity index (χ1n) is 8.28. The zero-order valence-corrected chi connectivity index (χ0v) is 13.5. The van der Waals surface area contributed by atoms with Gasteiger partial charge in [-0.05, 0) is 55.0 Å². The summed E-state index contributed by atoms with van der Waals surface area (Å²) in [5.74, 6) is -0.112. The molecule has 0 fully saturated rings. The van der Waals surface area contributed by atoms with Gasteiger partial charge in [-0.15, -0.1) is 0 Å². The predicted molar refractivity (Wildman–Crippen MR) is 91.5 cm³/mol. The Morgan fingerprint density at radius 2 is 1.87 bits per heavy atom. The number of carbonyl (C=O) groups excluding carboxylic acids is 1. The summed E-state index contributed by atoms with van der Waals surface area (Å²) in [4.78, 5) is 12.4. The molecule has 0 aromatic heterocycles. The van der Waals surface area contributed by atoms with E-state index in [0.29, 0.717) is 12.0 Å². The maximum absolute atomic E-state index is 12.4. The fraction of sp³-hybridized carbons (Fsp3) is 0.350. The summed E-state index contributed by atoms with van der Waals surface area (Å²) in [6, 6.07) is 15.5. The van der Waals surface area contributed by atoms with Crippen LogP contribution in [0.25, 0.3) is 0 Å². The van der Waals surface area contributed by atoms with Crippen molar-refractivity contribution in [2.45, 2.75) is 44.8 Å². The number of hydrogen-bond donors (Lipinski definition) is 2. The van der Waals surface area contributed by atoms with E-state index < -0.39 is 6.10 Å². The number of benzene rings is 2. The third-order valence-electron chi connectivity index (χ3n) is 4.58. The van der Waals surface area contributed by atoms with Gasteiger partial charge in [0.05, 0.1) is 12.1 Å². The van der Waals surface area contributed by atoms with Crippen LogP contribution < -0.4 is 5.32 Å². The summed E-state index contributed by atoms with van der Waals surface area (Å²) in [6.07, 6.45) is 3.28. The largest absolute Gasteiger partial charge is 0.391 e. The molecule has 2 N–H and O–H groups in total. The second kappa shape index (κ2) is 6.97. The minimum atomic E-state index is -0.601. The second-order valence-electron chi connectivity index (χ2n) is 6.36. The lowest BCUT2D eigenvalue weighted by atomic mass is 10.0. The van der Waals surface area contributed by atoms with Crippen LogP contribution in [0.1, 0.15) is 40.4 Å². The van der Waals surface area contributed by atoms with Crippen LogP contribution in [0.3, 0.4) is 0 Å². The molecule has 0 heterocycles. The van der Waals surface area contributed by atoms with Crippen LogP contribution in [-0.2, 0) is 19.3 Å². The lowest BCUT2D eigenvalue weighted by molar-refractivity contribution is 0.0851. The van der Waals surface area contributed by atoms with Crippen LogP contribution in [0.15, 0.2) is 48.5 Å². The van der Waals surface area contributed by atoms with Crippen LogP contribution in [-0.4, -0.2) is 23.2 Å². The van der Waals surface area contributed by atoms with Crippen molar-refractivity contribution in [3.8, 4) is 0 Å². The maximum atomic E-state index is 12.4. The Labute approximate surface area is 137 Å². The molecule has 1 amide bonds. The Morgan fingerprint density at radius 1 is 1.13 bits per heavy atom. The topological polar surface area (TPSA) is 49.3 Å². The van der Waals surface area contributed by atoms with E-state index in [1.807, 2.05) is 49.4 Å². The molecule has 3 heteroatoms. The Balaban J connectivity index is 1.60. The normalized spacial score (nSPS) is 15.7.